The molecule has 0 saturated heterocycles. The second-order valence-electron chi connectivity index (χ2n) is 13.4. The van der Waals surface area contributed by atoms with Crippen LogP contribution >= 0.6 is 0 Å². The maximum atomic E-state index is 2.48. The maximum absolute atomic E-state index is 2.48. The molecule has 0 spiro atoms. The van der Waals surface area contributed by atoms with Crippen LogP contribution in [0.15, 0.2) is 212 Å². The van der Waals surface area contributed by atoms with E-state index >= 15 is 0 Å². The SMILES string of the molecule is c1ccc(N(c2ccccc2)c2ccc3c4ccc5cc(N(c6ccccc6)c6ccccc6)c6ccccc6c5c4n(-c4ccccc4)c3c2)cc1. The molecule has 0 saturated carbocycles. The summed E-state index contributed by atoms with van der Waals surface area (Å²) in [7, 11) is 0. The zero-order valence-corrected chi connectivity index (χ0v) is 29.0. The molecule has 3 nitrogen and oxygen atoms in total. The third-order valence-corrected chi connectivity index (χ3v) is 10.3. The van der Waals surface area contributed by atoms with Crippen molar-refractivity contribution in [2.24, 2.45) is 0 Å². The molecule has 250 valence electrons. The standard InChI is InChI=1S/C50H35N3/c1-6-18-37(19-7-1)51(38-20-8-2-9-21-38)42-31-33-44-46-32-30-36-34-47(52(39-22-10-3-11-23-39)40-24-12-4-13-25-40)43-28-16-17-29-45(43)49(36)50(46)53(48(44)35-42)41-26-14-5-15-27-41/h1-35H. The van der Waals surface area contributed by atoms with Crippen molar-refractivity contribution in [1.29, 1.82) is 0 Å². The molecule has 0 aliphatic heterocycles. The molecule has 1 aromatic heterocycles. The van der Waals surface area contributed by atoms with Gasteiger partial charge in [-0.3, -0.25) is 0 Å². The third-order valence-electron chi connectivity index (χ3n) is 10.3. The number of anilines is 6. The van der Waals surface area contributed by atoms with E-state index in [1.165, 1.54) is 37.8 Å². The molecular weight excluding hydrogens is 643 g/mol. The summed E-state index contributed by atoms with van der Waals surface area (Å²) in [6, 6.07) is 76.3. The minimum atomic E-state index is 1.10. The van der Waals surface area contributed by atoms with Gasteiger partial charge < -0.3 is 14.4 Å². The predicted octanol–water partition coefficient (Wildman–Crippen LogP) is 14.0. The van der Waals surface area contributed by atoms with Crippen LogP contribution in [0, 0.1) is 0 Å². The molecule has 0 amide bonds. The van der Waals surface area contributed by atoms with Crippen molar-refractivity contribution in [2.75, 3.05) is 9.80 Å². The van der Waals surface area contributed by atoms with Crippen LogP contribution in [0.5, 0.6) is 0 Å². The number of hydrogen-bond acceptors (Lipinski definition) is 2. The van der Waals surface area contributed by atoms with Gasteiger partial charge in [-0.05, 0) is 89.6 Å². The van der Waals surface area contributed by atoms with Gasteiger partial charge in [-0.2, -0.15) is 0 Å². The van der Waals surface area contributed by atoms with E-state index in [0.29, 0.717) is 0 Å². The van der Waals surface area contributed by atoms with Gasteiger partial charge in [0.05, 0.1) is 16.7 Å². The lowest BCUT2D eigenvalue weighted by atomic mass is 9.96. The minimum Gasteiger partial charge on any atom is -0.310 e. The van der Waals surface area contributed by atoms with E-state index in [0.717, 1.165) is 45.3 Å². The normalized spacial score (nSPS) is 11.4. The Hall–Kier alpha value is -7.10. The summed E-state index contributed by atoms with van der Waals surface area (Å²) in [5.41, 5.74) is 10.2. The third kappa shape index (κ3) is 5.21. The van der Waals surface area contributed by atoms with Crippen LogP contribution in [-0.2, 0) is 0 Å². The lowest BCUT2D eigenvalue weighted by Crippen LogP contribution is -2.10. The molecule has 0 aliphatic rings. The van der Waals surface area contributed by atoms with Gasteiger partial charge in [0.25, 0.3) is 0 Å². The van der Waals surface area contributed by atoms with Crippen LogP contribution in [0.2, 0.25) is 0 Å². The topological polar surface area (TPSA) is 11.4 Å². The van der Waals surface area contributed by atoms with Gasteiger partial charge >= 0.3 is 0 Å². The Balaban J connectivity index is 1.30. The Labute approximate surface area is 308 Å². The first-order chi connectivity index (χ1) is 26.3. The smallest absolute Gasteiger partial charge is 0.0625 e. The van der Waals surface area contributed by atoms with Gasteiger partial charge in [0.1, 0.15) is 0 Å². The number of para-hydroxylation sites is 5. The lowest BCUT2D eigenvalue weighted by molar-refractivity contribution is 1.18. The first-order valence-corrected chi connectivity index (χ1v) is 18.1. The van der Waals surface area contributed by atoms with Crippen molar-refractivity contribution in [3.05, 3.63) is 212 Å². The fraction of sp³-hybridized carbons (Fsp3) is 0. The molecule has 1 heterocycles. The zero-order valence-electron chi connectivity index (χ0n) is 29.0. The van der Waals surface area contributed by atoms with Crippen molar-refractivity contribution in [2.45, 2.75) is 0 Å². The van der Waals surface area contributed by atoms with Crippen molar-refractivity contribution in [1.82, 2.24) is 4.57 Å². The van der Waals surface area contributed by atoms with Crippen LogP contribution in [0.4, 0.5) is 34.1 Å². The molecule has 0 bridgehead atoms. The molecule has 10 rings (SSSR count). The highest BCUT2D eigenvalue weighted by Crippen LogP contribution is 2.46. The van der Waals surface area contributed by atoms with E-state index in [-0.39, 0.29) is 0 Å². The monoisotopic (exact) mass is 677 g/mol. The van der Waals surface area contributed by atoms with Crippen LogP contribution in [0.1, 0.15) is 0 Å². The second-order valence-corrected chi connectivity index (χ2v) is 13.4. The van der Waals surface area contributed by atoms with Crippen molar-refractivity contribution < 1.29 is 0 Å². The first-order valence-electron chi connectivity index (χ1n) is 18.1. The average molecular weight is 678 g/mol. The van der Waals surface area contributed by atoms with E-state index in [9.17, 15) is 0 Å². The molecule has 0 fully saturated rings. The van der Waals surface area contributed by atoms with Gasteiger partial charge in [-0.25, -0.2) is 0 Å². The molecule has 10 aromatic rings. The van der Waals surface area contributed by atoms with Crippen LogP contribution in [-0.4, -0.2) is 4.57 Å². The largest absolute Gasteiger partial charge is 0.310 e. The molecule has 0 aliphatic carbocycles. The number of nitrogens with zero attached hydrogens (tertiary/aromatic N) is 3. The molecule has 9 aromatic carbocycles. The van der Waals surface area contributed by atoms with Crippen LogP contribution in [0.3, 0.4) is 0 Å². The summed E-state index contributed by atoms with van der Waals surface area (Å²) in [4.78, 5) is 4.72. The lowest BCUT2D eigenvalue weighted by Gasteiger charge is -2.27. The van der Waals surface area contributed by atoms with Crippen LogP contribution in [0.25, 0.3) is 49.0 Å². The molecule has 0 atom stereocenters. The zero-order chi connectivity index (χ0) is 35.1. The van der Waals surface area contributed by atoms with E-state index in [2.05, 4.69) is 227 Å². The Morgan fingerprint density at radius 3 is 1.36 bits per heavy atom. The molecule has 0 radical (unpaired) electrons. The van der Waals surface area contributed by atoms with Crippen molar-refractivity contribution >= 4 is 77.5 Å². The summed E-state index contributed by atoms with van der Waals surface area (Å²) in [6.45, 7) is 0. The van der Waals surface area contributed by atoms with Crippen molar-refractivity contribution in [3.63, 3.8) is 0 Å². The second kappa shape index (κ2) is 12.9. The Morgan fingerprint density at radius 1 is 0.321 bits per heavy atom. The van der Waals surface area contributed by atoms with E-state index < -0.39 is 0 Å². The number of fused-ring (bicyclic) bond motifs is 7. The summed E-state index contributed by atoms with van der Waals surface area (Å²) in [5, 5.41) is 7.31. The highest BCUT2D eigenvalue weighted by Gasteiger charge is 2.22. The van der Waals surface area contributed by atoms with E-state index in [4.69, 9.17) is 0 Å². The number of benzene rings is 9. The molecular formula is C50H35N3. The van der Waals surface area contributed by atoms with Gasteiger partial charge in [0.2, 0.25) is 0 Å². The van der Waals surface area contributed by atoms with E-state index in [1.54, 1.807) is 0 Å². The highest BCUT2D eigenvalue weighted by molar-refractivity contribution is 6.27. The first kappa shape index (κ1) is 30.7. The average Bonchev–Trinajstić information content (AvgIpc) is 3.57. The number of aromatic nitrogens is 1. The Kier molecular flexibility index (Phi) is 7.47. The predicted molar refractivity (Wildman–Crippen MR) is 225 cm³/mol. The fourth-order valence-electron chi connectivity index (χ4n) is 8.01. The Morgan fingerprint density at radius 2 is 0.792 bits per heavy atom. The molecule has 0 N–H and O–H groups in total. The maximum Gasteiger partial charge on any atom is 0.0625 e. The summed E-state index contributed by atoms with van der Waals surface area (Å²) < 4.78 is 2.48. The summed E-state index contributed by atoms with van der Waals surface area (Å²) >= 11 is 0. The summed E-state index contributed by atoms with van der Waals surface area (Å²) in [5.74, 6) is 0. The number of rotatable bonds is 7. The minimum absolute atomic E-state index is 1.10. The van der Waals surface area contributed by atoms with Gasteiger partial charge in [0, 0.05) is 55.7 Å². The summed E-state index contributed by atoms with van der Waals surface area (Å²) in [6.07, 6.45) is 0. The molecule has 53 heavy (non-hydrogen) atoms. The van der Waals surface area contributed by atoms with Crippen LogP contribution < -0.4 is 9.80 Å². The van der Waals surface area contributed by atoms with Gasteiger partial charge in [0.15, 0.2) is 0 Å². The molecule has 0 unspecified atom stereocenters. The number of hydrogen-bond donors (Lipinski definition) is 0. The quantitative estimate of drug-likeness (QED) is 0.156. The highest BCUT2D eigenvalue weighted by atomic mass is 15.1. The molecule has 3 heteroatoms. The van der Waals surface area contributed by atoms with Gasteiger partial charge in [-0.15, -0.1) is 0 Å². The van der Waals surface area contributed by atoms with Crippen molar-refractivity contribution in [3.8, 4) is 5.69 Å². The van der Waals surface area contributed by atoms with E-state index in [1.807, 2.05) is 0 Å². The van der Waals surface area contributed by atoms with Gasteiger partial charge in [-0.1, -0.05) is 133 Å². The fourth-order valence-corrected chi connectivity index (χ4v) is 8.01. The Bertz CT molecular complexity index is 2790.